The molecule has 0 aliphatic heterocycles. The van der Waals surface area contributed by atoms with Crippen LogP contribution in [-0.2, 0) is 6.54 Å². The van der Waals surface area contributed by atoms with Crippen molar-refractivity contribution < 1.29 is 4.74 Å². The lowest BCUT2D eigenvalue weighted by molar-refractivity contribution is 0.136. The second-order valence-electron chi connectivity index (χ2n) is 5.94. The van der Waals surface area contributed by atoms with Gasteiger partial charge in [-0.1, -0.05) is 12.8 Å². The zero-order valence-electron chi connectivity index (χ0n) is 12.8. The summed E-state index contributed by atoms with van der Waals surface area (Å²) in [5.41, 5.74) is 7.62. The van der Waals surface area contributed by atoms with Gasteiger partial charge in [0.2, 0.25) is 11.8 Å². The highest BCUT2D eigenvalue weighted by Crippen LogP contribution is 2.37. The highest BCUT2D eigenvalue weighted by atomic mass is 16.5. The first-order valence-corrected chi connectivity index (χ1v) is 7.25. The van der Waals surface area contributed by atoms with E-state index in [9.17, 15) is 0 Å². The highest BCUT2D eigenvalue weighted by molar-refractivity contribution is 5.78. The van der Waals surface area contributed by atoms with Gasteiger partial charge < -0.3 is 15.4 Å². The molecular weight excluding hydrogens is 268 g/mol. The van der Waals surface area contributed by atoms with Crippen molar-refractivity contribution in [2.45, 2.75) is 37.8 Å². The molecule has 7 nitrogen and oxygen atoms in total. The molecule has 1 saturated carbocycles. The topological polar surface area (TPSA) is 82.1 Å². The molecule has 1 aliphatic carbocycles. The number of aromatic nitrogens is 4. The number of rotatable bonds is 4. The molecule has 2 aromatic heterocycles. The fraction of sp³-hybridized carbons (Fsp3) is 0.643. The molecule has 21 heavy (non-hydrogen) atoms. The Hall–Kier alpha value is -1.89. The summed E-state index contributed by atoms with van der Waals surface area (Å²) in [5.74, 6) is 0.938. The van der Waals surface area contributed by atoms with Crippen LogP contribution in [-0.4, -0.2) is 51.2 Å². The Bertz CT molecular complexity index is 644. The molecule has 114 valence electrons. The molecule has 3 rings (SSSR count). The summed E-state index contributed by atoms with van der Waals surface area (Å²) in [6, 6.07) is 0. The Morgan fingerprint density at radius 3 is 2.67 bits per heavy atom. The van der Waals surface area contributed by atoms with Crippen molar-refractivity contribution >= 4 is 17.1 Å². The average molecular weight is 290 g/mol. The molecule has 0 bridgehead atoms. The van der Waals surface area contributed by atoms with E-state index in [0.717, 1.165) is 12.2 Å². The average Bonchev–Trinajstić information content (AvgIpc) is 3.06. The standard InChI is InChI=1S/C14H22N6O/c1-19(2)14(6-4-5-7-14)8-20-11-10(18-13(20)15)12(21-3)17-9-16-11/h9H,4-8H2,1-3H3,(H2,15,18). The summed E-state index contributed by atoms with van der Waals surface area (Å²) < 4.78 is 7.24. The van der Waals surface area contributed by atoms with Crippen molar-refractivity contribution in [3.8, 4) is 5.88 Å². The van der Waals surface area contributed by atoms with Crippen molar-refractivity contribution in [3.63, 3.8) is 0 Å². The number of hydrogen-bond acceptors (Lipinski definition) is 6. The van der Waals surface area contributed by atoms with Crippen molar-refractivity contribution in [1.29, 1.82) is 0 Å². The van der Waals surface area contributed by atoms with Crippen LogP contribution < -0.4 is 10.5 Å². The number of imidazole rings is 1. The lowest BCUT2D eigenvalue weighted by Gasteiger charge is -2.36. The third-order valence-corrected chi connectivity index (χ3v) is 4.66. The molecule has 1 aliphatic rings. The highest BCUT2D eigenvalue weighted by Gasteiger charge is 2.37. The SMILES string of the molecule is COc1ncnc2c1nc(N)n2CC1(N(C)C)CCCC1. The van der Waals surface area contributed by atoms with E-state index in [1.807, 2.05) is 4.57 Å². The largest absolute Gasteiger partial charge is 0.479 e. The summed E-state index contributed by atoms with van der Waals surface area (Å²) in [4.78, 5) is 15.1. The monoisotopic (exact) mass is 290 g/mol. The number of likely N-dealkylation sites (N-methyl/N-ethyl adjacent to an activating group) is 1. The minimum absolute atomic E-state index is 0.125. The van der Waals surface area contributed by atoms with Crippen molar-refractivity contribution in [2.24, 2.45) is 0 Å². The molecule has 1 fully saturated rings. The van der Waals surface area contributed by atoms with Crippen LogP contribution >= 0.6 is 0 Å². The van der Waals surface area contributed by atoms with Gasteiger partial charge >= 0.3 is 0 Å². The first-order chi connectivity index (χ1) is 10.1. The number of hydrogen-bond donors (Lipinski definition) is 1. The second kappa shape index (κ2) is 5.14. The van der Waals surface area contributed by atoms with Crippen molar-refractivity contribution in [3.05, 3.63) is 6.33 Å². The van der Waals surface area contributed by atoms with Gasteiger partial charge in [-0.05, 0) is 26.9 Å². The predicted octanol–water partition coefficient (Wildman–Crippen LogP) is 1.29. The predicted molar refractivity (Wildman–Crippen MR) is 81.2 cm³/mol. The van der Waals surface area contributed by atoms with Crippen LogP contribution in [0.1, 0.15) is 25.7 Å². The molecule has 0 amide bonds. The van der Waals surface area contributed by atoms with Crippen LogP contribution in [0.4, 0.5) is 5.95 Å². The minimum Gasteiger partial charge on any atom is -0.479 e. The van der Waals surface area contributed by atoms with Crippen LogP contribution in [0.3, 0.4) is 0 Å². The van der Waals surface area contributed by atoms with Gasteiger partial charge in [0.1, 0.15) is 6.33 Å². The van der Waals surface area contributed by atoms with Gasteiger partial charge in [0, 0.05) is 12.1 Å². The third kappa shape index (κ3) is 2.21. The van der Waals surface area contributed by atoms with Crippen LogP contribution in [0, 0.1) is 0 Å². The van der Waals surface area contributed by atoms with E-state index in [1.54, 1.807) is 7.11 Å². The second-order valence-corrected chi connectivity index (χ2v) is 5.94. The molecular formula is C14H22N6O. The molecule has 0 atom stereocenters. The summed E-state index contributed by atoms with van der Waals surface area (Å²) in [5, 5.41) is 0. The quantitative estimate of drug-likeness (QED) is 0.913. The first-order valence-electron chi connectivity index (χ1n) is 7.25. The van der Waals surface area contributed by atoms with Gasteiger partial charge in [-0.25, -0.2) is 9.97 Å². The van der Waals surface area contributed by atoms with Gasteiger partial charge in [-0.2, -0.15) is 4.98 Å². The van der Waals surface area contributed by atoms with Crippen LogP contribution in [0.5, 0.6) is 5.88 Å². The van der Waals surface area contributed by atoms with E-state index in [2.05, 4.69) is 33.9 Å². The van der Waals surface area contributed by atoms with Gasteiger partial charge in [-0.15, -0.1) is 0 Å². The lowest BCUT2D eigenvalue weighted by atomic mass is 9.96. The van der Waals surface area contributed by atoms with Crippen LogP contribution in [0.15, 0.2) is 6.33 Å². The summed E-state index contributed by atoms with van der Waals surface area (Å²) in [6.45, 7) is 0.794. The number of nitrogens with two attached hydrogens (primary N) is 1. The Balaban J connectivity index is 2.06. The van der Waals surface area contributed by atoms with E-state index >= 15 is 0 Å². The Kier molecular flexibility index (Phi) is 3.44. The first kappa shape index (κ1) is 14.1. The number of anilines is 1. The number of ether oxygens (including phenoxy) is 1. The molecule has 0 aromatic carbocycles. The fourth-order valence-electron chi connectivity index (χ4n) is 3.31. The Labute approximate surface area is 124 Å². The van der Waals surface area contributed by atoms with Crippen LogP contribution in [0.2, 0.25) is 0 Å². The molecule has 0 unspecified atom stereocenters. The maximum absolute atomic E-state index is 6.12. The zero-order valence-corrected chi connectivity index (χ0v) is 12.8. The summed E-state index contributed by atoms with van der Waals surface area (Å²) >= 11 is 0. The van der Waals surface area contributed by atoms with Gasteiger partial charge in [0.05, 0.1) is 7.11 Å². The molecule has 2 aromatic rings. The number of methoxy groups -OCH3 is 1. The van der Waals surface area contributed by atoms with E-state index in [0.29, 0.717) is 17.3 Å². The molecule has 0 saturated heterocycles. The Morgan fingerprint density at radius 1 is 1.33 bits per heavy atom. The molecule has 0 spiro atoms. The number of nitrogen functional groups attached to an aromatic ring is 1. The number of nitrogens with zero attached hydrogens (tertiary/aromatic N) is 5. The maximum atomic E-state index is 6.12. The maximum Gasteiger partial charge on any atom is 0.245 e. The molecule has 0 radical (unpaired) electrons. The van der Waals surface area contributed by atoms with Gasteiger partial charge in [0.15, 0.2) is 11.2 Å². The van der Waals surface area contributed by atoms with Gasteiger partial charge in [0.25, 0.3) is 0 Å². The van der Waals surface area contributed by atoms with E-state index in [1.165, 1.54) is 32.0 Å². The van der Waals surface area contributed by atoms with Crippen molar-refractivity contribution in [1.82, 2.24) is 24.4 Å². The smallest absolute Gasteiger partial charge is 0.245 e. The fourth-order valence-corrected chi connectivity index (χ4v) is 3.31. The summed E-state index contributed by atoms with van der Waals surface area (Å²) in [7, 11) is 5.85. The minimum atomic E-state index is 0.125. The number of fused-ring (bicyclic) bond motifs is 1. The zero-order chi connectivity index (χ0) is 15.0. The molecule has 7 heteroatoms. The van der Waals surface area contributed by atoms with E-state index in [-0.39, 0.29) is 5.54 Å². The van der Waals surface area contributed by atoms with E-state index < -0.39 is 0 Å². The normalized spacial score (nSPS) is 17.7. The lowest BCUT2D eigenvalue weighted by Crippen LogP contribution is -2.45. The molecule has 2 N–H and O–H groups in total. The van der Waals surface area contributed by atoms with Crippen LogP contribution in [0.25, 0.3) is 11.2 Å². The Morgan fingerprint density at radius 2 is 2.05 bits per heavy atom. The third-order valence-electron chi connectivity index (χ3n) is 4.66. The van der Waals surface area contributed by atoms with Gasteiger partial charge in [-0.3, -0.25) is 4.57 Å². The summed E-state index contributed by atoms with van der Waals surface area (Å²) in [6.07, 6.45) is 6.34. The molecule has 2 heterocycles. The van der Waals surface area contributed by atoms with E-state index in [4.69, 9.17) is 10.5 Å². The van der Waals surface area contributed by atoms with Crippen molar-refractivity contribution in [2.75, 3.05) is 26.9 Å².